The van der Waals surface area contributed by atoms with Gasteiger partial charge in [-0.3, -0.25) is 5.43 Å². The third-order valence-corrected chi connectivity index (χ3v) is 4.11. The van der Waals surface area contributed by atoms with E-state index in [1.54, 1.807) is 0 Å². The van der Waals surface area contributed by atoms with Gasteiger partial charge in [-0.15, -0.1) is 0 Å². The molecule has 1 saturated carbocycles. The predicted octanol–water partition coefficient (Wildman–Crippen LogP) is 4.61. The van der Waals surface area contributed by atoms with Crippen LogP contribution in [0.25, 0.3) is 0 Å². The van der Waals surface area contributed by atoms with Gasteiger partial charge in [-0.25, -0.2) is 0 Å². The van der Waals surface area contributed by atoms with Crippen molar-refractivity contribution in [2.24, 2.45) is 5.10 Å². The number of nitrogens with one attached hydrogen (secondary N) is 2. The van der Waals surface area contributed by atoms with Gasteiger partial charge in [0, 0.05) is 11.4 Å². The van der Waals surface area contributed by atoms with E-state index in [9.17, 15) is 0 Å². The van der Waals surface area contributed by atoms with Crippen LogP contribution in [0.4, 0.5) is 5.69 Å². The van der Waals surface area contributed by atoms with Crippen molar-refractivity contribution in [2.75, 3.05) is 5.32 Å². The second-order valence-corrected chi connectivity index (χ2v) is 6.34. The van der Waals surface area contributed by atoms with Gasteiger partial charge in [0.1, 0.15) is 0 Å². The summed E-state index contributed by atoms with van der Waals surface area (Å²) in [5.74, 6) is 0. The summed E-state index contributed by atoms with van der Waals surface area (Å²) in [6, 6.07) is 4.32. The Bertz CT molecular complexity index is 516. The summed E-state index contributed by atoms with van der Waals surface area (Å²) >= 11 is 5.36. The highest BCUT2D eigenvalue weighted by atomic mass is 32.1. The largest absolute Gasteiger partial charge is 0.331 e. The van der Waals surface area contributed by atoms with Gasteiger partial charge in [-0.1, -0.05) is 30.5 Å². The second kappa shape index (κ2) is 7.55. The molecule has 114 valence electrons. The molecule has 0 radical (unpaired) electrons. The third-order valence-electron chi connectivity index (χ3n) is 3.91. The van der Waals surface area contributed by atoms with Crippen molar-refractivity contribution in [1.82, 2.24) is 5.43 Å². The van der Waals surface area contributed by atoms with Crippen molar-refractivity contribution in [3.8, 4) is 0 Å². The topological polar surface area (TPSA) is 36.4 Å². The molecule has 0 bridgehead atoms. The predicted molar refractivity (Wildman–Crippen MR) is 95.1 cm³/mol. The van der Waals surface area contributed by atoms with E-state index in [0.29, 0.717) is 5.11 Å². The number of benzene rings is 1. The molecule has 0 amide bonds. The van der Waals surface area contributed by atoms with Crippen LogP contribution in [-0.2, 0) is 0 Å². The first-order valence-electron chi connectivity index (χ1n) is 7.76. The summed E-state index contributed by atoms with van der Waals surface area (Å²) in [5.41, 5.74) is 9.02. The fraction of sp³-hybridized carbons (Fsp3) is 0.529. The first-order valence-corrected chi connectivity index (χ1v) is 8.17. The molecule has 2 N–H and O–H groups in total. The molecule has 0 heterocycles. The molecule has 1 aromatic rings. The van der Waals surface area contributed by atoms with Gasteiger partial charge >= 0.3 is 0 Å². The monoisotopic (exact) mass is 303 g/mol. The first-order chi connectivity index (χ1) is 10.1. The van der Waals surface area contributed by atoms with Crippen molar-refractivity contribution in [1.29, 1.82) is 0 Å². The van der Waals surface area contributed by atoms with Crippen molar-refractivity contribution in [2.45, 2.75) is 59.3 Å². The van der Waals surface area contributed by atoms with E-state index >= 15 is 0 Å². The molecule has 1 aliphatic rings. The summed E-state index contributed by atoms with van der Waals surface area (Å²) < 4.78 is 0. The lowest BCUT2D eigenvalue weighted by Crippen LogP contribution is -2.26. The lowest BCUT2D eigenvalue weighted by molar-refractivity contribution is 0.702. The Kier molecular flexibility index (Phi) is 5.74. The average Bonchev–Trinajstić information content (AvgIpc) is 2.69. The van der Waals surface area contributed by atoms with Crippen LogP contribution in [-0.4, -0.2) is 10.8 Å². The molecule has 2 rings (SSSR count). The number of aryl methyl sites for hydroxylation is 3. The van der Waals surface area contributed by atoms with E-state index in [1.807, 2.05) is 0 Å². The fourth-order valence-electron chi connectivity index (χ4n) is 2.90. The van der Waals surface area contributed by atoms with E-state index in [-0.39, 0.29) is 0 Å². The Morgan fingerprint density at radius 1 is 1.00 bits per heavy atom. The Hall–Kier alpha value is -1.42. The molecule has 4 heteroatoms. The minimum atomic E-state index is 0.571. The van der Waals surface area contributed by atoms with Gasteiger partial charge in [0.05, 0.1) is 0 Å². The zero-order valence-electron chi connectivity index (χ0n) is 13.3. The van der Waals surface area contributed by atoms with Crippen molar-refractivity contribution >= 4 is 28.7 Å². The molecule has 0 unspecified atom stereocenters. The van der Waals surface area contributed by atoms with E-state index in [0.717, 1.165) is 18.5 Å². The molecule has 0 atom stereocenters. The van der Waals surface area contributed by atoms with Crippen LogP contribution >= 0.6 is 12.2 Å². The maximum atomic E-state index is 5.36. The summed E-state index contributed by atoms with van der Waals surface area (Å²) in [7, 11) is 0. The van der Waals surface area contributed by atoms with Crippen molar-refractivity contribution in [3.63, 3.8) is 0 Å². The number of hydrazone groups is 1. The maximum Gasteiger partial charge on any atom is 0.191 e. The Labute approximate surface area is 133 Å². The minimum absolute atomic E-state index is 0.571. The molecule has 0 saturated heterocycles. The molecule has 0 aliphatic heterocycles. The van der Waals surface area contributed by atoms with Crippen LogP contribution in [0.5, 0.6) is 0 Å². The lowest BCUT2D eigenvalue weighted by atomic mass is 10.1. The maximum absolute atomic E-state index is 5.36. The quantitative estimate of drug-likeness (QED) is 0.476. The number of nitrogens with zero attached hydrogens (tertiary/aromatic N) is 1. The number of rotatable bonds is 2. The van der Waals surface area contributed by atoms with E-state index < -0.39 is 0 Å². The number of hydrogen-bond donors (Lipinski definition) is 2. The smallest absolute Gasteiger partial charge is 0.191 e. The molecule has 21 heavy (non-hydrogen) atoms. The van der Waals surface area contributed by atoms with Crippen LogP contribution in [0, 0.1) is 20.8 Å². The van der Waals surface area contributed by atoms with Gasteiger partial charge in [-0.2, -0.15) is 5.10 Å². The standard InChI is InChI=1S/C17H25N3S/c1-12-10-13(2)16(14(3)11-12)18-17(21)20-19-15-8-6-4-5-7-9-15/h10-11H,4-9H2,1-3H3,(H2,18,20,21). The summed E-state index contributed by atoms with van der Waals surface area (Å²) in [6.07, 6.45) is 7.33. The van der Waals surface area contributed by atoms with Crippen LogP contribution < -0.4 is 10.7 Å². The summed E-state index contributed by atoms with van der Waals surface area (Å²) in [6.45, 7) is 6.31. The number of thiocarbonyl (C=S) groups is 1. The summed E-state index contributed by atoms with van der Waals surface area (Å²) in [5, 5.41) is 8.32. The highest BCUT2D eigenvalue weighted by Gasteiger charge is 2.07. The van der Waals surface area contributed by atoms with E-state index in [2.05, 4.69) is 48.7 Å². The van der Waals surface area contributed by atoms with Gasteiger partial charge in [0.25, 0.3) is 0 Å². The first kappa shape index (κ1) is 16.0. The van der Waals surface area contributed by atoms with Gasteiger partial charge in [0.2, 0.25) is 0 Å². The Morgan fingerprint density at radius 3 is 2.14 bits per heavy atom. The van der Waals surface area contributed by atoms with Crippen molar-refractivity contribution in [3.05, 3.63) is 28.8 Å². The second-order valence-electron chi connectivity index (χ2n) is 5.93. The Balaban J connectivity index is 1.97. The zero-order chi connectivity index (χ0) is 15.2. The molecule has 0 spiro atoms. The zero-order valence-corrected chi connectivity index (χ0v) is 14.1. The van der Waals surface area contributed by atoms with Gasteiger partial charge in [0.15, 0.2) is 5.11 Å². The molecule has 1 fully saturated rings. The third kappa shape index (κ3) is 4.81. The van der Waals surface area contributed by atoms with Gasteiger partial charge in [-0.05, 0) is 69.8 Å². The SMILES string of the molecule is Cc1cc(C)c(NC(=S)NN=C2CCCCCC2)c(C)c1. The minimum Gasteiger partial charge on any atom is -0.331 e. The highest BCUT2D eigenvalue weighted by Crippen LogP contribution is 2.21. The molecular formula is C17H25N3S. The average molecular weight is 303 g/mol. The fourth-order valence-corrected chi connectivity index (χ4v) is 3.04. The highest BCUT2D eigenvalue weighted by molar-refractivity contribution is 7.80. The molecule has 3 nitrogen and oxygen atoms in total. The summed E-state index contributed by atoms with van der Waals surface area (Å²) in [4.78, 5) is 0. The van der Waals surface area contributed by atoms with Gasteiger partial charge < -0.3 is 5.32 Å². The Morgan fingerprint density at radius 2 is 1.57 bits per heavy atom. The molecule has 1 aromatic carbocycles. The number of hydrogen-bond acceptors (Lipinski definition) is 2. The van der Waals surface area contributed by atoms with Crippen LogP contribution in [0.1, 0.15) is 55.2 Å². The van der Waals surface area contributed by atoms with E-state index in [1.165, 1.54) is 48.1 Å². The molecule has 1 aliphatic carbocycles. The van der Waals surface area contributed by atoms with Crippen LogP contribution in [0.3, 0.4) is 0 Å². The van der Waals surface area contributed by atoms with Crippen LogP contribution in [0.15, 0.2) is 17.2 Å². The molecular weight excluding hydrogens is 278 g/mol. The van der Waals surface area contributed by atoms with Crippen molar-refractivity contribution < 1.29 is 0 Å². The number of anilines is 1. The normalized spacial score (nSPS) is 15.3. The lowest BCUT2D eigenvalue weighted by Gasteiger charge is -2.14. The molecule has 0 aromatic heterocycles. The van der Waals surface area contributed by atoms with E-state index in [4.69, 9.17) is 12.2 Å². The van der Waals surface area contributed by atoms with Crippen LogP contribution in [0.2, 0.25) is 0 Å².